The number of nitrogens with zero attached hydrogens (tertiary/aromatic N) is 2. The topological polar surface area (TPSA) is 50.3 Å². The van der Waals surface area contributed by atoms with Crippen LogP contribution in [0.2, 0.25) is 10.2 Å². The second-order valence-corrected chi connectivity index (χ2v) is 6.93. The van der Waals surface area contributed by atoms with Crippen molar-refractivity contribution in [1.82, 2.24) is 9.29 Å². The minimum atomic E-state index is -3.55. The lowest BCUT2D eigenvalue weighted by Crippen LogP contribution is -2.30. The molecule has 0 amide bonds. The molecule has 1 aromatic rings. The first-order valence-corrected chi connectivity index (χ1v) is 7.22. The van der Waals surface area contributed by atoms with Crippen molar-refractivity contribution in [2.24, 2.45) is 5.92 Å². The first-order valence-electron chi connectivity index (χ1n) is 5.02. The SMILES string of the molecule is CC(C)CN(C)S(=O)(=O)c1cnc(Cl)c(Cl)c1. The fraction of sp³-hybridized carbons (Fsp3) is 0.500. The lowest BCUT2D eigenvalue weighted by Gasteiger charge is -2.19. The Kier molecular flexibility index (Phi) is 4.77. The van der Waals surface area contributed by atoms with Gasteiger partial charge in [-0.2, -0.15) is 0 Å². The van der Waals surface area contributed by atoms with Crippen molar-refractivity contribution in [2.45, 2.75) is 18.7 Å². The zero-order chi connectivity index (χ0) is 13.2. The fourth-order valence-electron chi connectivity index (χ4n) is 1.34. The van der Waals surface area contributed by atoms with Gasteiger partial charge in [0.05, 0.1) is 5.02 Å². The summed E-state index contributed by atoms with van der Waals surface area (Å²) >= 11 is 11.4. The van der Waals surface area contributed by atoms with Gasteiger partial charge in [0.25, 0.3) is 0 Å². The lowest BCUT2D eigenvalue weighted by atomic mass is 10.2. The van der Waals surface area contributed by atoms with E-state index >= 15 is 0 Å². The monoisotopic (exact) mass is 296 g/mol. The molecule has 0 aliphatic carbocycles. The van der Waals surface area contributed by atoms with Gasteiger partial charge in [0.15, 0.2) is 0 Å². The highest BCUT2D eigenvalue weighted by Gasteiger charge is 2.22. The van der Waals surface area contributed by atoms with E-state index in [0.717, 1.165) is 0 Å². The molecule has 0 saturated heterocycles. The molecule has 1 heterocycles. The van der Waals surface area contributed by atoms with Crippen LogP contribution in [0.3, 0.4) is 0 Å². The number of hydrogen-bond acceptors (Lipinski definition) is 3. The number of aromatic nitrogens is 1. The van der Waals surface area contributed by atoms with Crippen molar-refractivity contribution in [2.75, 3.05) is 13.6 Å². The Morgan fingerprint density at radius 1 is 1.41 bits per heavy atom. The normalized spacial score (nSPS) is 12.4. The molecule has 1 aromatic heterocycles. The van der Waals surface area contributed by atoms with Crippen LogP contribution < -0.4 is 0 Å². The van der Waals surface area contributed by atoms with Crippen LogP contribution in [0.1, 0.15) is 13.8 Å². The zero-order valence-electron chi connectivity index (χ0n) is 9.81. The van der Waals surface area contributed by atoms with Crippen molar-refractivity contribution in [3.05, 3.63) is 22.4 Å². The van der Waals surface area contributed by atoms with Crippen LogP contribution in [-0.2, 0) is 10.0 Å². The van der Waals surface area contributed by atoms with Crippen LogP contribution in [0.15, 0.2) is 17.2 Å². The van der Waals surface area contributed by atoms with Crippen LogP contribution in [-0.4, -0.2) is 31.3 Å². The maximum absolute atomic E-state index is 12.1. The minimum absolute atomic E-state index is 0.0510. The summed E-state index contributed by atoms with van der Waals surface area (Å²) in [7, 11) is -2.02. The zero-order valence-corrected chi connectivity index (χ0v) is 12.1. The highest BCUT2D eigenvalue weighted by molar-refractivity contribution is 7.89. The molecule has 0 fully saturated rings. The Labute approximate surface area is 112 Å². The van der Waals surface area contributed by atoms with Crippen LogP contribution >= 0.6 is 23.2 Å². The average molecular weight is 297 g/mol. The summed E-state index contributed by atoms with van der Waals surface area (Å²) in [5.41, 5.74) is 0. The van der Waals surface area contributed by atoms with Crippen LogP contribution in [0.25, 0.3) is 0 Å². The molecular formula is C10H14Cl2N2O2S. The lowest BCUT2D eigenvalue weighted by molar-refractivity contribution is 0.417. The van der Waals surface area contributed by atoms with Crippen molar-refractivity contribution in [3.8, 4) is 0 Å². The molecular weight excluding hydrogens is 283 g/mol. The van der Waals surface area contributed by atoms with E-state index in [9.17, 15) is 8.42 Å². The van der Waals surface area contributed by atoms with Crippen molar-refractivity contribution >= 4 is 33.2 Å². The van der Waals surface area contributed by atoms with Crippen molar-refractivity contribution in [3.63, 3.8) is 0 Å². The largest absolute Gasteiger partial charge is 0.244 e. The third-order valence-corrected chi connectivity index (χ3v) is 4.58. The van der Waals surface area contributed by atoms with Crippen molar-refractivity contribution in [1.29, 1.82) is 0 Å². The van der Waals surface area contributed by atoms with Gasteiger partial charge in [-0.3, -0.25) is 0 Å². The van der Waals surface area contributed by atoms with Crippen LogP contribution in [0.4, 0.5) is 0 Å². The van der Waals surface area contributed by atoms with E-state index in [1.807, 2.05) is 13.8 Å². The van der Waals surface area contributed by atoms with E-state index in [4.69, 9.17) is 23.2 Å². The molecule has 7 heteroatoms. The molecule has 4 nitrogen and oxygen atoms in total. The smallest absolute Gasteiger partial charge is 0.242 e. The van der Waals surface area contributed by atoms with Gasteiger partial charge in [0.2, 0.25) is 10.0 Å². The summed E-state index contributed by atoms with van der Waals surface area (Å²) in [6.07, 6.45) is 1.21. The van der Waals surface area contributed by atoms with E-state index in [2.05, 4.69) is 4.98 Å². The predicted octanol–water partition coefficient (Wildman–Crippen LogP) is 2.66. The molecule has 0 bridgehead atoms. The quantitative estimate of drug-likeness (QED) is 0.803. The molecule has 0 radical (unpaired) electrons. The molecule has 0 atom stereocenters. The summed E-state index contributed by atoms with van der Waals surface area (Å²) in [4.78, 5) is 3.79. The number of halogens is 2. The molecule has 0 aliphatic heterocycles. The summed E-state index contributed by atoms with van der Waals surface area (Å²) < 4.78 is 25.5. The fourth-order valence-corrected chi connectivity index (χ4v) is 2.98. The molecule has 96 valence electrons. The number of pyridine rings is 1. The third kappa shape index (κ3) is 3.55. The van der Waals surface area contributed by atoms with Crippen molar-refractivity contribution < 1.29 is 8.42 Å². The van der Waals surface area contributed by atoms with E-state index in [1.54, 1.807) is 0 Å². The summed E-state index contributed by atoms with van der Waals surface area (Å²) in [5, 5.41) is 0.225. The van der Waals surface area contributed by atoms with Gasteiger partial charge in [-0.15, -0.1) is 0 Å². The Morgan fingerprint density at radius 2 is 2.00 bits per heavy atom. The first-order chi connectivity index (χ1) is 7.75. The predicted molar refractivity (Wildman–Crippen MR) is 68.9 cm³/mol. The number of rotatable bonds is 4. The van der Waals surface area contributed by atoms with Gasteiger partial charge in [-0.1, -0.05) is 37.0 Å². The Morgan fingerprint density at radius 3 is 2.47 bits per heavy atom. The average Bonchev–Trinajstić information content (AvgIpc) is 2.20. The Bertz CT molecular complexity index is 503. The molecule has 0 aliphatic rings. The highest BCUT2D eigenvalue weighted by atomic mass is 35.5. The summed E-state index contributed by atoms with van der Waals surface area (Å²) in [6.45, 7) is 4.32. The van der Waals surface area contributed by atoms with Crippen LogP contribution in [0.5, 0.6) is 0 Å². The first kappa shape index (κ1) is 14.7. The second kappa shape index (κ2) is 5.52. The molecule has 0 N–H and O–H groups in total. The van der Waals surface area contributed by atoms with Crippen LogP contribution in [0, 0.1) is 5.92 Å². The summed E-state index contributed by atoms with van der Waals surface area (Å²) in [6, 6.07) is 1.31. The summed E-state index contributed by atoms with van der Waals surface area (Å²) in [5.74, 6) is 0.241. The Hall–Kier alpha value is -0.360. The highest BCUT2D eigenvalue weighted by Crippen LogP contribution is 2.23. The number of hydrogen-bond donors (Lipinski definition) is 0. The van der Waals surface area contributed by atoms with Gasteiger partial charge in [-0.25, -0.2) is 17.7 Å². The third-order valence-electron chi connectivity index (χ3n) is 2.10. The van der Waals surface area contributed by atoms with E-state index in [0.29, 0.717) is 6.54 Å². The molecule has 0 saturated carbocycles. The van der Waals surface area contributed by atoms with E-state index in [1.165, 1.54) is 23.6 Å². The molecule has 1 rings (SSSR count). The van der Waals surface area contributed by atoms with Gasteiger partial charge in [-0.05, 0) is 12.0 Å². The molecule has 0 unspecified atom stereocenters. The van der Waals surface area contributed by atoms with E-state index in [-0.39, 0.29) is 21.0 Å². The molecule has 0 spiro atoms. The molecule has 0 aromatic carbocycles. The minimum Gasteiger partial charge on any atom is -0.242 e. The van der Waals surface area contributed by atoms with Gasteiger partial charge >= 0.3 is 0 Å². The van der Waals surface area contributed by atoms with Gasteiger partial charge < -0.3 is 0 Å². The Balaban J connectivity index is 3.09. The number of sulfonamides is 1. The standard InChI is InChI=1S/C10H14Cl2N2O2S/c1-7(2)6-14(3)17(15,16)8-4-9(11)10(12)13-5-8/h4-5,7H,6H2,1-3H3. The second-order valence-electron chi connectivity index (χ2n) is 4.12. The molecule has 17 heavy (non-hydrogen) atoms. The maximum Gasteiger partial charge on any atom is 0.244 e. The van der Waals surface area contributed by atoms with Gasteiger partial charge in [0, 0.05) is 19.8 Å². The maximum atomic E-state index is 12.1. The van der Waals surface area contributed by atoms with Gasteiger partial charge in [0.1, 0.15) is 10.0 Å². The van der Waals surface area contributed by atoms with E-state index < -0.39 is 10.0 Å².